The lowest BCUT2D eigenvalue weighted by molar-refractivity contribution is -0.139. The number of carboxylic acid groups (broad SMARTS) is 1. The van der Waals surface area contributed by atoms with Crippen LogP contribution in [0, 0.1) is 5.92 Å². The van der Waals surface area contributed by atoms with Crippen LogP contribution < -0.4 is 11.1 Å². The van der Waals surface area contributed by atoms with E-state index in [4.69, 9.17) is 10.8 Å². The Kier molecular flexibility index (Phi) is 4.85. The Bertz CT molecular complexity index is 148. The first-order valence-corrected chi connectivity index (χ1v) is 4.14. The van der Waals surface area contributed by atoms with Gasteiger partial charge in [0.15, 0.2) is 0 Å². The second-order valence-corrected chi connectivity index (χ2v) is 3.40. The Morgan fingerprint density at radius 3 is 2.33 bits per heavy atom. The fourth-order valence-corrected chi connectivity index (χ4v) is 1.20. The van der Waals surface area contributed by atoms with Gasteiger partial charge in [0.1, 0.15) is 6.04 Å². The lowest BCUT2D eigenvalue weighted by Crippen LogP contribution is -2.49. The van der Waals surface area contributed by atoms with E-state index in [1.807, 2.05) is 13.8 Å². The number of nitrogens with two attached hydrogens (primary N) is 1. The van der Waals surface area contributed by atoms with Crippen LogP contribution in [0.25, 0.3) is 0 Å². The molecule has 0 aromatic carbocycles. The second kappa shape index (κ2) is 5.11. The SMILES string of the molecule is CNC(C(=O)O)C(N)CC(C)C. The third-order valence-corrected chi connectivity index (χ3v) is 1.75. The van der Waals surface area contributed by atoms with E-state index in [1.54, 1.807) is 7.05 Å². The predicted octanol–water partition coefficient (Wildman–Crippen LogP) is 0.0324. The smallest absolute Gasteiger partial charge is 0.322 e. The number of carbonyl (C=O) groups is 1. The zero-order valence-corrected chi connectivity index (χ0v) is 7.87. The Morgan fingerprint density at radius 1 is 1.58 bits per heavy atom. The van der Waals surface area contributed by atoms with Crippen LogP contribution in [0.1, 0.15) is 20.3 Å². The minimum absolute atomic E-state index is 0.313. The monoisotopic (exact) mass is 174 g/mol. The van der Waals surface area contributed by atoms with Gasteiger partial charge in [0.05, 0.1) is 0 Å². The van der Waals surface area contributed by atoms with Gasteiger partial charge in [0, 0.05) is 6.04 Å². The molecule has 0 aromatic rings. The Balaban J connectivity index is 4.02. The van der Waals surface area contributed by atoms with E-state index >= 15 is 0 Å². The molecule has 0 fully saturated rings. The Labute approximate surface area is 73.1 Å². The molecule has 0 aromatic heterocycles. The first-order valence-electron chi connectivity index (χ1n) is 4.14. The number of likely N-dealkylation sites (N-methyl/N-ethyl adjacent to an activating group) is 1. The fraction of sp³-hybridized carbons (Fsp3) is 0.875. The van der Waals surface area contributed by atoms with Gasteiger partial charge < -0.3 is 16.2 Å². The molecule has 0 aliphatic rings. The largest absolute Gasteiger partial charge is 0.480 e. The standard InChI is InChI=1S/C8H18N2O2/c1-5(2)4-6(9)7(10-3)8(11)12/h5-7,10H,4,9H2,1-3H3,(H,11,12). The molecule has 0 saturated heterocycles. The number of nitrogens with one attached hydrogen (secondary N) is 1. The normalized spacial score (nSPS) is 16.1. The van der Waals surface area contributed by atoms with Crippen molar-refractivity contribution in [1.82, 2.24) is 5.32 Å². The average molecular weight is 174 g/mol. The molecule has 2 unspecified atom stereocenters. The molecule has 0 aliphatic heterocycles. The maximum atomic E-state index is 10.6. The van der Waals surface area contributed by atoms with Gasteiger partial charge in [-0.2, -0.15) is 0 Å². The van der Waals surface area contributed by atoms with Crippen molar-refractivity contribution in [2.75, 3.05) is 7.05 Å². The van der Waals surface area contributed by atoms with E-state index in [9.17, 15) is 4.79 Å². The van der Waals surface area contributed by atoms with Crippen molar-refractivity contribution in [2.24, 2.45) is 11.7 Å². The fourth-order valence-electron chi connectivity index (χ4n) is 1.20. The van der Waals surface area contributed by atoms with Gasteiger partial charge in [0.2, 0.25) is 0 Å². The van der Waals surface area contributed by atoms with Crippen LogP contribution in [-0.2, 0) is 4.79 Å². The summed E-state index contributed by atoms with van der Waals surface area (Å²) in [7, 11) is 1.61. The zero-order valence-electron chi connectivity index (χ0n) is 7.87. The average Bonchev–Trinajstić information content (AvgIpc) is 1.85. The summed E-state index contributed by atoms with van der Waals surface area (Å²) in [5, 5.41) is 11.4. The minimum atomic E-state index is -0.884. The van der Waals surface area contributed by atoms with Crippen LogP contribution in [0.2, 0.25) is 0 Å². The van der Waals surface area contributed by atoms with Crippen LogP contribution in [-0.4, -0.2) is 30.2 Å². The molecular formula is C8H18N2O2. The van der Waals surface area contributed by atoms with Gasteiger partial charge in [-0.05, 0) is 19.4 Å². The van der Waals surface area contributed by atoms with E-state index in [2.05, 4.69) is 5.32 Å². The highest BCUT2D eigenvalue weighted by atomic mass is 16.4. The number of aliphatic carboxylic acids is 1. The molecule has 0 aliphatic carbocycles. The number of hydrogen-bond donors (Lipinski definition) is 3. The van der Waals surface area contributed by atoms with Crippen LogP contribution >= 0.6 is 0 Å². The number of rotatable bonds is 5. The highest BCUT2D eigenvalue weighted by Crippen LogP contribution is 2.05. The molecule has 4 nitrogen and oxygen atoms in total. The van der Waals surface area contributed by atoms with Crippen molar-refractivity contribution in [3.05, 3.63) is 0 Å². The molecule has 4 N–H and O–H groups in total. The third kappa shape index (κ3) is 3.69. The van der Waals surface area contributed by atoms with Gasteiger partial charge in [-0.25, -0.2) is 0 Å². The molecular weight excluding hydrogens is 156 g/mol. The van der Waals surface area contributed by atoms with Crippen molar-refractivity contribution >= 4 is 5.97 Å². The molecule has 0 radical (unpaired) electrons. The van der Waals surface area contributed by atoms with Crippen LogP contribution in [0.5, 0.6) is 0 Å². The summed E-state index contributed by atoms with van der Waals surface area (Å²) in [6, 6.07) is -0.945. The molecule has 0 bridgehead atoms. The highest BCUT2D eigenvalue weighted by Gasteiger charge is 2.23. The molecule has 0 saturated carbocycles. The van der Waals surface area contributed by atoms with Gasteiger partial charge in [-0.1, -0.05) is 13.8 Å². The van der Waals surface area contributed by atoms with E-state index in [1.165, 1.54) is 0 Å². The summed E-state index contributed by atoms with van der Waals surface area (Å²) in [5.74, 6) is -0.458. The van der Waals surface area contributed by atoms with Gasteiger partial charge in [0.25, 0.3) is 0 Å². The minimum Gasteiger partial charge on any atom is -0.480 e. The topological polar surface area (TPSA) is 75.3 Å². The molecule has 4 heteroatoms. The molecule has 0 rings (SSSR count). The zero-order chi connectivity index (χ0) is 9.72. The van der Waals surface area contributed by atoms with Gasteiger partial charge in [-0.3, -0.25) is 4.79 Å². The summed E-state index contributed by atoms with van der Waals surface area (Å²) in [6.45, 7) is 4.04. The number of hydrogen-bond acceptors (Lipinski definition) is 3. The van der Waals surface area contributed by atoms with Crippen molar-refractivity contribution in [3.8, 4) is 0 Å². The van der Waals surface area contributed by atoms with Crippen LogP contribution in [0.15, 0.2) is 0 Å². The molecule has 12 heavy (non-hydrogen) atoms. The highest BCUT2D eigenvalue weighted by molar-refractivity contribution is 5.74. The van der Waals surface area contributed by atoms with Crippen molar-refractivity contribution in [2.45, 2.75) is 32.4 Å². The predicted molar refractivity (Wildman–Crippen MR) is 47.9 cm³/mol. The Hall–Kier alpha value is -0.610. The number of carboxylic acids is 1. The molecule has 0 heterocycles. The summed E-state index contributed by atoms with van der Waals surface area (Å²) in [5.41, 5.74) is 5.69. The molecule has 0 amide bonds. The lowest BCUT2D eigenvalue weighted by atomic mass is 9.98. The first kappa shape index (κ1) is 11.4. The van der Waals surface area contributed by atoms with Gasteiger partial charge in [-0.15, -0.1) is 0 Å². The van der Waals surface area contributed by atoms with Gasteiger partial charge >= 0.3 is 5.97 Å². The summed E-state index contributed by atoms with van der Waals surface area (Å²) in [6.07, 6.45) is 0.720. The molecule has 2 atom stereocenters. The summed E-state index contributed by atoms with van der Waals surface area (Å²) < 4.78 is 0. The molecule has 0 spiro atoms. The van der Waals surface area contributed by atoms with E-state index in [0.29, 0.717) is 5.92 Å². The van der Waals surface area contributed by atoms with Crippen molar-refractivity contribution < 1.29 is 9.90 Å². The van der Waals surface area contributed by atoms with Crippen molar-refractivity contribution in [1.29, 1.82) is 0 Å². The van der Waals surface area contributed by atoms with Crippen LogP contribution in [0.4, 0.5) is 0 Å². The third-order valence-electron chi connectivity index (χ3n) is 1.75. The summed E-state index contributed by atoms with van der Waals surface area (Å²) in [4.78, 5) is 10.6. The lowest BCUT2D eigenvalue weighted by Gasteiger charge is -2.20. The maximum absolute atomic E-state index is 10.6. The van der Waals surface area contributed by atoms with Crippen LogP contribution in [0.3, 0.4) is 0 Å². The van der Waals surface area contributed by atoms with E-state index in [0.717, 1.165) is 6.42 Å². The molecule has 72 valence electrons. The van der Waals surface area contributed by atoms with E-state index in [-0.39, 0.29) is 6.04 Å². The van der Waals surface area contributed by atoms with E-state index < -0.39 is 12.0 Å². The summed E-state index contributed by atoms with van der Waals surface area (Å²) >= 11 is 0. The Morgan fingerprint density at radius 2 is 2.08 bits per heavy atom. The second-order valence-electron chi connectivity index (χ2n) is 3.40. The maximum Gasteiger partial charge on any atom is 0.322 e. The quantitative estimate of drug-likeness (QED) is 0.550. The van der Waals surface area contributed by atoms with Crippen molar-refractivity contribution in [3.63, 3.8) is 0 Å². The first-order chi connectivity index (χ1) is 5.49.